The fourth-order valence-electron chi connectivity index (χ4n) is 2.77. The molecule has 1 aromatic rings. The number of nitrogens with two attached hydrogens (primary N) is 1. The van der Waals surface area contributed by atoms with Crippen molar-refractivity contribution in [3.05, 3.63) is 29.6 Å². The summed E-state index contributed by atoms with van der Waals surface area (Å²) in [6.45, 7) is 4.30. The maximum absolute atomic E-state index is 13.3. The normalized spacial score (nSPS) is 22.1. The highest BCUT2D eigenvalue weighted by molar-refractivity contribution is 7.89. The summed E-state index contributed by atoms with van der Waals surface area (Å²) >= 11 is 0. The summed E-state index contributed by atoms with van der Waals surface area (Å²) < 4.78 is 40.8. The molecule has 0 aliphatic heterocycles. The number of halogens is 1. The van der Waals surface area contributed by atoms with Crippen molar-refractivity contribution >= 4 is 10.0 Å². The second kappa shape index (κ2) is 5.42. The molecule has 1 fully saturated rings. The van der Waals surface area contributed by atoms with Gasteiger partial charge >= 0.3 is 0 Å². The van der Waals surface area contributed by atoms with E-state index in [9.17, 15) is 12.8 Å². The summed E-state index contributed by atoms with van der Waals surface area (Å²) in [5.74, 6) is -0.575. The molecule has 1 saturated carbocycles. The summed E-state index contributed by atoms with van der Waals surface area (Å²) in [5.41, 5.74) is 6.11. The second-order valence-electron chi connectivity index (χ2n) is 6.18. The Hall–Kier alpha value is -0.980. The van der Waals surface area contributed by atoms with E-state index in [1.807, 2.05) is 0 Å². The lowest BCUT2D eigenvalue weighted by Gasteiger charge is -2.18. The zero-order valence-electron chi connectivity index (χ0n) is 11.8. The van der Waals surface area contributed by atoms with E-state index >= 15 is 0 Å². The van der Waals surface area contributed by atoms with E-state index in [0.29, 0.717) is 5.56 Å². The van der Waals surface area contributed by atoms with Crippen molar-refractivity contribution in [2.75, 3.05) is 0 Å². The van der Waals surface area contributed by atoms with Crippen LogP contribution in [0.1, 0.15) is 38.7 Å². The Morgan fingerprint density at radius 2 is 2.15 bits per heavy atom. The van der Waals surface area contributed by atoms with Gasteiger partial charge in [0.1, 0.15) is 5.82 Å². The molecule has 1 aliphatic rings. The number of sulfonamides is 1. The second-order valence-corrected chi connectivity index (χ2v) is 7.86. The SMILES string of the molecule is CC1(C)CCC(NS(=O)(=O)c2cc(F)ccc2CN)C1. The third-order valence-corrected chi connectivity index (χ3v) is 5.43. The van der Waals surface area contributed by atoms with Crippen molar-refractivity contribution in [3.8, 4) is 0 Å². The first-order chi connectivity index (χ1) is 9.23. The van der Waals surface area contributed by atoms with Crippen LogP contribution in [0.2, 0.25) is 0 Å². The Morgan fingerprint density at radius 1 is 1.45 bits per heavy atom. The first-order valence-electron chi connectivity index (χ1n) is 6.74. The van der Waals surface area contributed by atoms with Crippen LogP contribution in [0.4, 0.5) is 4.39 Å². The van der Waals surface area contributed by atoms with E-state index in [2.05, 4.69) is 18.6 Å². The molecule has 0 spiro atoms. The predicted octanol–water partition coefficient (Wildman–Crippen LogP) is 2.14. The van der Waals surface area contributed by atoms with Gasteiger partial charge in [-0.15, -0.1) is 0 Å². The predicted molar refractivity (Wildman–Crippen MR) is 76.0 cm³/mol. The third kappa shape index (κ3) is 3.37. The highest BCUT2D eigenvalue weighted by Crippen LogP contribution is 2.37. The molecular weight excluding hydrogens is 279 g/mol. The van der Waals surface area contributed by atoms with Crippen molar-refractivity contribution in [1.82, 2.24) is 4.72 Å². The van der Waals surface area contributed by atoms with Gasteiger partial charge in [0.2, 0.25) is 10.0 Å². The fraction of sp³-hybridized carbons (Fsp3) is 0.571. The van der Waals surface area contributed by atoms with Crippen LogP contribution in [0.15, 0.2) is 23.1 Å². The lowest BCUT2D eigenvalue weighted by molar-refractivity contribution is 0.372. The summed E-state index contributed by atoms with van der Waals surface area (Å²) in [5, 5.41) is 0. The molecule has 0 aromatic heterocycles. The first kappa shape index (κ1) is 15.4. The Balaban J connectivity index is 2.25. The molecule has 1 aromatic carbocycles. The summed E-state index contributed by atoms with van der Waals surface area (Å²) in [6.07, 6.45) is 2.58. The smallest absolute Gasteiger partial charge is 0.241 e. The van der Waals surface area contributed by atoms with E-state index < -0.39 is 15.8 Å². The van der Waals surface area contributed by atoms with Crippen LogP contribution in [-0.4, -0.2) is 14.5 Å². The van der Waals surface area contributed by atoms with Crippen LogP contribution >= 0.6 is 0 Å². The molecule has 3 N–H and O–H groups in total. The van der Waals surface area contributed by atoms with Gasteiger partial charge in [-0.25, -0.2) is 17.5 Å². The zero-order chi connectivity index (χ0) is 15.0. The molecule has 4 nitrogen and oxygen atoms in total. The van der Waals surface area contributed by atoms with E-state index in [1.54, 1.807) is 0 Å². The molecule has 0 radical (unpaired) electrons. The fourth-order valence-corrected chi connectivity index (χ4v) is 4.30. The van der Waals surface area contributed by atoms with Gasteiger partial charge in [-0.1, -0.05) is 19.9 Å². The lowest BCUT2D eigenvalue weighted by atomic mass is 9.92. The number of hydrogen-bond acceptors (Lipinski definition) is 3. The Labute approximate surface area is 119 Å². The maximum atomic E-state index is 13.3. The zero-order valence-corrected chi connectivity index (χ0v) is 12.6. The van der Waals surface area contributed by atoms with Gasteiger partial charge in [0.15, 0.2) is 0 Å². The third-order valence-electron chi connectivity index (χ3n) is 3.83. The van der Waals surface area contributed by atoms with Crippen LogP contribution in [0.5, 0.6) is 0 Å². The van der Waals surface area contributed by atoms with Gasteiger partial charge in [0, 0.05) is 12.6 Å². The van der Waals surface area contributed by atoms with Gasteiger partial charge in [0.05, 0.1) is 4.90 Å². The van der Waals surface area contributed by atoms with Crippen LogP contribution < -0.4 is 10.5 Å². The Morgan fingerprint density at radius 3 is 2.70 bits per heavy atom. The molecule has 0 amide bonds. The molecule has 1 unspecified atom stereocenters. The number of nitrogens with one attached hydrogen (secondary N) is 1. The largest absolute Gasteiger partial charge is 0.326 e. The van der Waals surface area contributed by atoms with Gasteiger partial charge in [-0.2, -0.15) is 0 Å². The maximum Gasteiger partial charge on any atom is 0.241 e. The monoisotopic (exact) mass is 300 g/mol. The minimum absolute atomic E-state index is 0.0512. The molecule has 0 saturated heterocycles. The van der Waals surface area contributed by atoms with E-state index in [1.165, 1.54) is 12.1 Å². The summed E-state index contributed by atoms with van der Waals surface area (Å²) in [4.78, 5) is -0.0512. The molecule has 0 heterocycles. The van der Waals surface area contributed by atoms with Crippen LogP contribution in [0, 0.1) is 11.2 Å². The van der Waals surface area contributed by atoms with Crippen molar-refractivity contribution in [2.45, 2.75) is 50.6 Å². The highest BCUT2D eigenvalue weighted by atomic mass is 32.2. The van der Waals surface area contributed by atoms with Crippen molar-refractivity contribution < 1.29 is 12.8 Å². The van der Waals surface area contributed by atoms with Gasteiger partial charge in [0.25, 0.3) is 0 Å². The molecule has 20 heavy (non-hydrogen) atoms. The molecule has 112 valence electrons. The number of hydrogen-bond donors (Lipinski definition) is 2. The molecule has 1 aliphatic carbocycles. The van der Waals surface area contributed by atoms with E-state index in [4.69, 9.17) is 5.73 Å². The first-order valence-corrected chi connectivity index (χ1v) is 8.23. The average molecular weight is 300 g/mol. The summed E-state index contributed by atoms with van der Waals surface area (Å²) in [6, 6.07) is 3.58. The summed E-state index contributed by atoms with van der Waals surface area (Å²) in [7, 11) is -3.73. The average Bonchev–Trinajstić information content (AvgIpc) is 2.68. The molecule has 2 rings (SSSR count). The van der Waals surface area contributed by atoms with Gasteiger partial charge in [-0.05, 0) is 42.4 Å². The van der Waals surface area contributed by atoms with Crippen molar-refractivity contribution in [2.24, 2.45) is 11.1 Å². The van der Waals surface area contributed by atoms with Crippen molar-refractivity contribution in [1.29, 1.82) is 0 Å². The molecule has 0 bridgehead atoms. The lowest BCUT2D eigenvalue weighted by Crippen LogP contribution is -2.34. The van der Waals surface area contributed by atoms with Crippen LogP contribution in [0.3, 0.4) is 0 Å². The minimum Gasteiger partial charge on any atom is -0.326 e. The van der Waals surface area contributed by atoms with Crippen LogP contribution in [0.25, 0.3) is 0 Å². The van der Waals surface area contributed by atoms with E-state index in [0.717, 1.165) is 25.3 Å². The Kier molecular flexibility index (Phi) is 4.18. The minimum atomic E-state index is -3.73. The van der Waals surface area contributed by atoms with Crippen molar-refractivity contribution in [3.63, 3.8) is 0 Å². The van der Waals surface area contributed by atoms with E-state index in [-0.39, 0.29) is 22.9 Å². The Bertz CT molecular complexity index is 599. The standard InChI is InChI=1S/C14H21FN2O2S/c1-14(2)6-5-12(8-14)17-20(18,19)13-7-11(15)4-3-10(13)9-16/h3-4,7,12,17H,5-6,8-9,16H2,1-2H3. The molecular formula is C14H21FN2O2S. The highest BCUT2D eigenvalue weighted by Gasteiger charge is 2.34. The van der Waals surface area contributed by atoms with Gasteiger partial charge < -0.3 is 5.73 Å². The quantitative estimate of drug-likeness (QED) is 0.895. The van der Waals surface area contributed by atoms with Crippen LogP contribution in [-0.2, 0) is 16.6 Å². The van der Waals surface area contributed by atoms with Gasteiger partial charge in [-0.3, -0.25) is 0 Å². The topological polar surface area (TPSA) is 72.2 Å². The number of rotatable bonds is 4. The molecule has 6 heteroatoms. The number of benzene rings is 1. The molecule has 1 atom stereocenters.